The number of rotatable bonds is 7. The molecular weight excluding hydrogens is 671 g/mol. The maximum absolute atomic E-state index is 13.4. The average molecular weight is 714 g/mol. The number of aliphatic carboxylic acids is 1. The lowest BCUT2D eigenvalue weighted by Crippen LogP contribution is -2.40. The fourth-order valence-electron chi connectivity index (χ4n) is 5.33. The molecule has 0 saturated heterocycles. The Bertz CT molecular complexity index is 1810. The second kappa shape index (κ2) is 14.5. The van der Waals surface area contributed by atoms with Crippen molar-refractivity contribution in [3.63, 3.8) is 0 Å². The molecule has 0 saturated carbocycles. The molecule has 1 aliphatic heterocycles. The van der Waals surface area contributed by atoms with E-state index in [0.717, 1.165) is 25.0 Å². The third kappa shape index (κ3) is 8.85. The van der Waals surface area contributed by atoms with E-state index >= 15 is 0 Å². The molecule has 15 heteroatoms. The number of pyridine rings is 1. The normalized spacial score (nSPS) is 17.7. The zero-order valence-electron chi connectivity index (χ0n) is 28.7. The molecule has 1 aromatic carbocycles. The topological polar surface area (TPSA) is 139 Å². The number of carboxylic acid groups (broad SMARTS) is 1. The number of benzene rings is 1. The summed E-state index contributed by atoms with van der Waals surface area (Å²) < 4.78 is 50.4. The maximum atomic E-state index is 13.4. The Labute approximate surface area is 293 Å². The van der Waals surface area contributed by atoms with Crippen LogP contribution in [0.4, 0.5) is 24.8 Å². The lowest BCUT2D eigenvalue weighted by atomic mass is 9.89. The molecule has 4 aromatic rings. The van der Waals surface area contributed by atoms with Crippen LogP contribution in [0.3, 0.4) is 0 Å². The van der Waals surface area contributed by atoms with Crippen molar-refractivity contribution in [1.29, 1.82) is 0 Å². The number of halogens is 3. The summed E-state index contributed by atoms with van der Waals surface area (Å²) in [7, 11) is 0. The minimum absolute atomic E-state index is 0.00873. The van der Waals surface area contributed by atoms with Crippen LogP contribution in [-0.2, 0) is 11.2 Å². The quantitative estimate of drug-likeness (QED) is 0.168. The van der Waals surface area contributed by atoms with Gasteiger partial charge < -0.3 is 24.6 Å². The van der Waals surface area contributed by atoms with Gasteiger partial charge in [0.05, 0.1) is 22.6 Å². The van der Waals surface area contributed by atoms with Crippen molar-refractivity contribution in [2.45, 2.75) is 77.1 Å². The highest BCUT2D eigenvalue weighted by Gasteiger charge is 2.48. The van der Waals surface area contributed by atoms with Gasteiger partial charge in [0, 0.05) is 42.9 Å². The van der Waals surface area contributed by atoms with Gasteiger partial charge in [-0.1, -0.05) is 30.3 Å². The van der Waals surface area contributed by atoms with E-state index < -0.39 is 35.2 Å². The molecular formula is C35H42F3N7O4S. The first-order valence-electron chi connectivity index (χ1n) is 16.3. The monoisotopic (exact) mass is 713 g/mol. The lowest BCUT2D eigenvalue weighted by molar-refractivity contribution is -0.219. The van der Waals surface area contributed by atoms with Crippen LogP contribution in [0.2, 0.25) is 0 Å². The Kier molecular flexibility index (Phi) is 10.7. The SMILES string of the molecule is CC1(O)CCCN(CC(C)(C)C(=O)O)c2cccc(n2)SNc2cnc(-n3ccc(OCC(C)(C)C(F)(F)F)n3)c(n2)-c2ccccc2CC1. The smallest absolute Gasteiger partial charge is 0.397 e. The number of anilines is 2. The summed E-state index contributed by atoms with van der Waals surface area (Å²) in [5.74, 6) is 0.445. The zero-order chi connectivity index (χ0) is 36.3. The van der Waals surface area contributed by atoms with Gasteiger partial charge in [-0.3, -0.25) is 4.79 Å². The molecule has 0 aliphatic carbocycles. The molecule has 3 aromatic heterocycles. The first-order valence-corrected chi connectivity index (χ1v) is 17.1. The molecule has 1 atom stereocenters. The Balaban J connectivity index is 1.52. The predicted molar refractivity (Wildman–Crippen MR) is 185 cm³/mol. The molecule has 11 nitrogen and oxygen atoms in total. The summed E-state index contributed by atoms with van der Waals surface area (Å²) in [5.41, 5.74) is -2.02. The second-order valence-corrected chi connectivity index (χ2v) is 14.9. The molecule has 3 N–H and O–H groups in total. The molecule has 268 valence electrons. The Morgan fingerprint density at radius 1 is 1.06 bits per heavy atom. The van der Waals surface area contributed by atoms with Crippen LogP contribution in [0.1, 0.15) is 59.4 Å². The molecule has 0 spiro atoms. The Morgan fingerprint density at radius 3 is 2.56 bits per heavy atom. The number of hydrogen-bond donors (Lipinski definition) is 3. The molecule has 0 radical (unpaired) electrons. The summed E-state index contributed by atoms with van der Waals surface area (Å²) in [5, 5.41) is 26.3. The summed E-state index contributed by atoms with van der Waals surface area (Å²) in [4.78, 5) is 28.4. The van der Waals surface area contributed by atoms with Gasteiger partial charge >= 0.3 is 12.1 Å². The third-order valence-corrected chi connectivity index (χ3v) is 9.44. The van der Waals surface area contributed by atoms with Gasteiger partial charge in [0.2, 0.25) is 5.88 Å². The van der Waals surface area contributed by atoms with Crippen LogP contribution < -0.4 is 14.4 Å². The number of ether oxygens (including phenoxy) is 1. The van der Waals surface area contributed by atoms with Gasteiger partial charge in [-0.25, -0.2) is 19.6 Å². The van der Waals surface area contributed by atoms with Crippen LogP contribution in [-0.4, -0.2) is 72.4 Å². The number of fused-ring (bicyclic) bond motifs is 6. The van der Waals surface area contributed by atoms with Crippen molar-refractivity contribution in [2.24, 2.45) is 10.8 Å². The highest BCUT2D eigenvalue weighted by atomic mass is 32.2. The maximum Gasteiger partial charge on any atom is 0.397 e. The molecule has 1 unspecified atom stereocenters. The molecule has 5 rings (SSSR count). The van der Waals surface area contributed by atoms with Gasteiger partial charge in [0.15, 0.2) is 11.6 Å². The van der Waals surface area contributed by atoms with Gasteiger partial charge in [-0.05, 0) is 78.0 Å². The number of aromatic nitrogens is 5. The van der Waals surface area contributed by atoms with Gasteiger partial charge in [0.1, 0.15) is 23.1 Å². The van der Waals surface area contributed by atoms with Crippen molar-refractivity contribution in [3.05, 3.63) is 66.5 Å². The van der Waals surface area contributed by atoms with Gasteiger partial charge in [0.25, 0.3) is 0 Å². The first-order chi connectivity index (χ1) is 23.4. The van der Waals surface area contributed by atoms with Crippen LogP contribution in [0.25, 0.3) is 17.1 Å². The van der Waals surface area contributed by atoms with E-state index in [9.17, 15) is 28.2 Å². The van der Waals surface area contributed by atoms with Crippen LogP contribution in [0.5, 0.6) is 5.88 Å². The van der Waals surface area contributed by atoms with Crippen molar-refractivity contribution >= 4 is 29.6 Å². The minimum atomic E-state index is -4.45. The number of carbonyl (C=O) groups is 1. The Morgan fingerprint density at radius 2 is 1.82 bits per heavy atom. The van der Waals surface area contributed by atoms with E-state index in [2.05, 4.69) is 14.8 Å². The number of nitrogens with one attached hydrogen (secondary N) is 1. The molecule has 0 fully saturated rings. The van der Waals surface area contributed by atoms with Crippen molar-refractivity contribution in [2.75, 3.05) is 29.3 Å². The highest BCUT2D eigenvalue weighted by Crippen LogP contribution is 2.38. The number of aryl methyl sites for hydroxylation is 1. The van der Waals surface area contributed by atoms with Crippen LogP contribution in [0, 0.1) is 10.8 Å². The number of hydrogen-bond acceptors (Lipinski definition) is 10. The number of aliphatic hydroxyl groups is 1. The van der Waals surface area contributed by atoms with E-state index in [1.807, 2.05) is 47.4 Å². The minimum Gasteiger partial charge on any atom is -0.481 e. The second-order valence-electron chi connectivity index (χ2n) is 14.1. The van der Waals surface area contributed by atoms with Crippen LogP contribution in [0.15, 0.2) is 66.0 Å². The summed E-state index contributed by atoms with van der Waals surface area (Å²) in [6.07, 6.45) is 0.640. The van der Waals surface area contributed by atoms with Crippen molar-refractivity contribution in [1.82, 2.24) is 24.7 Å². The van der Waals surface area contributed by atoms with Crippen LogP contribution >= 0.6 is 11.9 Å². The zero-order valence-corrected chi connectivity index (χ0v) is 29.5. The van der Waals surface area contributed by atoms with Crippen molar-refractivity contribution < 1.29 is 32.9 Å². The van der Waals surface area contributed by atoms with E-state index in [0.29, 0.717) is 60.4 Å². The molecule has 4 heterocycles. The van der Waals surface area contributed by atoms with E-state index in [4.69, 9.17) is 14.7 Å². The lowest BCUT2D eigenvalue weighted by Gasteiger charge is -2.32. The molecule has 1 aliphatic rings. The summed E-state index contributed by atoms with van der Waals surface area (Å²) >= 11 is 1.21. The third-order valence-electron chi connectivity index (χ3n) is 8.69. The summed E-state index contributed by atoms with van der Waals surface area (Å²) in [6, 6.07) is 14.6. The Hall–Kier alpha value is -4.37. The molecule has 50 heavy (non-hydrogen) atoms. The predicted octanol–water partition coefficient (Wildman–Crippen LogP) is 7.21. The average Bonchev–Trinajstić information content (AvgIpc) is 3.53. The summed E-state index contributed by atoms with van der Waals surface area (Å²) in [6.45, 7) is 7.40. The fourth-order valence-corrected chi connectivity index (χ4v) is 5.92. The molecule has 0 amide bonds. The first kappa shape index (κ1) is 36.9. The van der Waals surface area contributed by atoms with Gasteiger partial charge in [-0.15, -0.1) is 5.10 Å². The largest absolute Gasteiger partial charge is 0.481 e. The fraction of sp³-hybridized carbons (Fsp3) is 0.457. The molecule has 4 bridgehead atoms. The van der Waals surface area contributed by atoms with Gasteiger partial charge in [-0.2, -0.15) is 13.2 Å². The number of carboxylic acids is 1. The number of alkyl halides is 3. The highest BCUT2D eigenvalue weighted by molar-refractivity contribution is 8.00. The van der Waals surface area contributed by atoms with E-state index in [1.165, 1.54) is 28.9 Å². The van der Waals surface area contributed by atoms with Crippen molar-refractivity contribution in [3.8, 4) is 23.0 Å². The van der Waals surface area contributed by atoms with E-state index in [1.54, 1.807) is 27.0 Å². The van der Waals surface area contributed by atoms with E-state index in [-0.39, 0.29) is 12.4 Å². The number of nitrogens with zero attached hydrogens (tertiary/aromatic N) is 6. The standard InChI is InChI=1S/C35H42F3N7O4S/c1-32(2,31(46)47)21-44-18-9-16-34(5,48)17-14-23-10-6-7-11-24(23)29-30(39-20-25(40-29)43-50-28-13-8-12-26(44)41-28)45-19-15-27(42-45)49-22-33(3,4)35(36,37)38/h6-8,10-13,15,19-20,48H,9,14,16-18,21-22H2,1-5H3,(H,40,43)(H,46,47).